The molecule has 0 atom stereocenters. The second-order valence-corrected chi connectivity index (χ2v) is 8.43. The van der Waals surface area contributed by atoms with Crippen molar-refractivity contribution in [1.82, 2.24) is 5.43 Å². The van der Waals surface area contributed by atoms with Crippen LogP contribution in [0, 0.1) is 13.8 Å². The van der Waals surface area contributed by atoms with Crippen molar-refractivity contribution in [3.05, 3.63) is 87.9 Å². The van der Waals surface area contributed by atoms with Crippen molar-refractivity contribution in [3.63, 3.8) is 0 Å². The Hall–Kier alpha value is -4.17. The van der Waals surface area contributed by atoms with Crippen molar-refractivity contribution < 1.29 is 19.1 Å². The number of carbonyl (C=O) groups is 3. The van der Waals surface area contributed by atoms with Crippen molar-refractivity contribution in [2.75, 3.05) is 17.2 Å². The van der Waals surface area contributed by atoms with Gasteiger partial charge in [-0.3, -0.25) is 14.4 Å². The second-order valence-electron chi connectivity index (χ2n) is 7.99. The zero-order chi connectivity index (χ0) is 26.1. The highest BCUT2D eigenvalue weighted by molar-refractivity contribution is 6.39. The molecule has 0 aliphatic carbocycles. The molecule has 186 valence electrons. The van der Waals surface area contributed by atoms with E-state index >= 15 is 0 Å². The van der Waals surface area contributed by atoms with Crippen molar-refractivity contribution in [2.24, 2.45) is 5.10 Å². The van der Waals surface area contributed by atoms with E-state index in [-0.39, 0.29) is 12.5 Å². The summed E-state index contributed by atoms with van der Waals surface area (Å²) in [5.41, 5.74) is 6.68. The number of carbonyl (C=O) groups excluding carboxylic acids is 3. The molecule has 0 unspecified atom stereocenters. The number of nitrogens with zero attached hydrogens (tertiary/aromatic N) is 1. The van der Waals surface area contributed by atoms with Crippen molar-refractivity contribution in [2.45, 2.75) is 27.2 Å². The van der Waals surface area contributed by atoms with Gasteiger partial charge in [-0.1, -0.05) is 48.9 Å². The number of aryl methyl sites for hydroxylation is 3. The number of rotatable bonds is 8. The van der Waals surface area contributed by atoms with Crippen molar-refractivity contribution in [3.8, 4) is 5.75 Å². The van der Waals surface area contributed by atoms with E-state index in [4.69, 9.17) is 16.3 Å². The van der Waals surface area contributed by atoms with Crippen LogP contribution in [0.5, 0.6) is 5.75 Å². The van der Waals surface area contributed by atoms with Gasteiger partial charge >= 0.3 is 11.8 Å². The molecule has 0 aliphatic heterocycles. The number of benzene rings is 3. The molecule has 0 saturated heterocycles. The number of halogens is 1. The summed E-state index contributed by atoms with van der Waals surface area (Å²) in [6.07, 6.45) is 2.20. The van der Waals surface area contributed by atoms with Gasteiger partial charge in [0.1, 0.15) is 5.75 Å². The highest BCUT2D eigenvalue weighted by Crippen LogP contribution is 2.22. The van der Waals surface area contributed by atoms with Gasteiger partial charge in [0.15, 0.2) is 6.61 Å². The fourth-order valence-electron chi connectivity index (χ4n) is 3.31. The van der Waals surface area contributed by atoms with Crippen molar-refractivity contribution >= 4 is 46.9 Å². The van der Waals surface area contributed by atoms with E-state index in [0.717, 1.165) is 17.5 Å². The van der Waals surface area contributed by atoms with E-state index in [0.29, 0.717) is 27.7 Å². The monoisotopic (exact) mass is 506 g/mol. The molecule has 0 spiro atoms. The molecule has 3 rings (SSSR count). The van der Waals surface area contributed by atoms with Gasteiger partial charge in [0, 0.05) is 22.0 Å². The molecule has 0 saturated carbocycles. The summed E-state index contributed by atoms with van der Waals surface area (Å²) in [6, 6.07) is 17.8. The van der Waals surface area contributed by atoms with E-state index in [1.54, 1.807) is 18.2 Å². The maximum atomic E-state index is 12.3. The first-order chi connectivity index (χ1) is 17.3. The van der Waals surface area contributed by atoms with Crippen LogP contribution in [-0.4, -0.2) is 30.5 Å². The lowest BCUT2D eigenvalue weighted by molar-refractivity contribution is -0.136. The molecule has 8 nitrogen and oxygen atoms in total. The van der Waals surface area contributed by atoms with E-state index in [1.807, 2.05) is 56.3 Å². The molecule has 0 heterocycles. The highest BCUT2D eigenvalue weighted by atomic mass is 35.5. The normalized spacial score (nSPS) is 10.7. The van der Waals surface area contributed by atoms with Crippen LogP contribution in [0.25, 0.3) is 0 Å². The van der Waals surface area contributed by atoms with Gasteiger partial charge in [-0.2, -0.15) is 5.10 Å². The lowest BCUT2D eigenvalue weighted by atomic mass is 10.1. The molecule has 3 aromatic rings. The Balaban J connectivity index is 1.58. The first-order valence-corrected chi connectivity index (χ1v) is 11.7. The van der Waals surface area contributed by atoms with Gasteiger partial charge in [0.2, 0.25) is 0 Å². The van der Waals surface area contributed by atoms with Crippen LogP contribution in [0.1, 0.15) is 29.2 Å². The van der Waals surface area contributed by atoms with E-state index in [2.05, 4.69) is 28.1 Å². The van der Waals surface area contributed by atoms with Crippen LogP contribution in [0.15, 0.2) is 65.8 Å². The summed E-state index contributed by atoms with van der Waals surface area (Å²) < 4.78 is 5.63. The second kappa shape index (κ2) is 12.5. The lowest BCUT2D eigenvalue weighted by Gasteiger charge is -2.11. The summed E-state index contributed by atoms with van der Waals surface area (Å²) in [7, 11) is 0. The average molecular weight is 507 g/mol. The van der Waals surface area contributed by atoms with Crippen LogP contribution < -0.4 is 20.8 Å². The van der Waals surface area contributed by atoms with E-state index in [1.165, 1.54) is 11.8 Å². The Kier molecular flexibility index (Phi) is 9.19. The van der Waals surface area contributed by atoms with E-state index in [9.17, 15) is 14.4 Å². The largest absolute Gasteiger partial charge is 0.483 e. The number of hydrazone groups is 1. The summed E-state index contributed by atoms with van der Waals surface area (Å²) in [6.45, 7) is 5.48. The minimum absolute atomic E-state index is 0.247. The first-order valence-electron chi connectivity index (χ1n) is 11.3. The first kappa shape index (κ1) is 26.4. The molecule has 0 aromatic heterocycles. The molecular formula is C27H27ClN4O4. The van der Waals surface area contributed by atoms with Gasteiger partial charge in [0.05, 0.1) is 6.21 Å². The molecule has 0 bridgehead atoms. The van der Waals surface area contributed by atoms with Crippen LogP contribution in [0.4, 0.5) is 11.4 Å². The Labute approximate surface area is 214 Å². The zero-order valence-electron chi connectivity index (χ0n) is 20.2. The van der Waals surface area contributed by atoms with Crippen molar-refractivity contribution in [1.29, 1.82) is 0 Å². The van der Waals surface area contributed by atoms with Gasteiger partial charge in [-0.05, 0) is 67.3 Å². The number of hydrogen-bond donors (Lipinski definition) is 3. The van der Waals surface area contributed by atoms with Crippen LogP contribution >= 0.6 is 11.6 Å². The highest BCUT2D eigenvalue weighted by Gasteiger charge is 2.15. The Morgan fingerprint density at radius 1 is 0.944 bits per heavy atom. The average Bonchev–Trinajstić information content (AvgIpc) is 2.86. The third-order valence-corrected chi connectivity index (χ3v) is 5.51. The predicted octanol–water partition coefficient (Wildman–Crippen LogP) is 4.63. The molecule has 0 fully saturated rings. The predicted molar refractivity (Wildman–Crippen MR) is 142 cm³/mol. The number of ether oxygens (including phenoxy) is 1. The number of para-hydroxylation sites is 1. The lowest BCUT2D eigenvalue weighted by Crippen LogP contribution is -2.32. The molecular weight excluding hydrogens is 480 g/mol. The molecule has 36 heavy (non-hydrogen) atoms. The topological polar surface area (TPSA) is 109 Å². The summed E-state index contributed by atoms with van der Waals surface area (Å²) >= 11 is 6.08. The minimum atomic E-state index is -0.938. The fourth-order valence-corrected chi connectivity index (χ4v) is 3.49. The third kappa shape index (κ3) is 7.41. The Bertz CT molecular complexity index is 1270. The third-order valence-electron chi connectivity index (χ3n) is 5.27. The molecule has 3 N–H and O–H groups in total. The van der Waals surface area contributed by atoms with Crippen LogP contribution in [0.2, 0.25) is 5.02 Å². The quantitative estimate of drug-likeness (QED) is 0.235. The molecule has 0 aliphatic rings. The molecule has 3 amide bonds. The van der Waals surface area contributed by atoms with Crippen LogP contribution in [0.3, 0.4) is 0 Å². The maximum Gasteiger partial charge on any atom is 0.329 e. The molecule has 9 heteroatoms. The van der Waals surface area contributed by atoms with Crippen LogP contribution in [-0.2, 0) is 20.8 Å². The van der Waals surface area contributed by atoms with Gasteiger partial charge in [0.25, 0.3) is 5.91 Å². The van der Waals surface area contributed by atoms with Gasteiger partial charge in [-0.25, -0.2) is 5.43 Å². The van der Waals surface area contributed by atoms with Gasteiger partial charge < -0.3 is 15.4 Å². The summed E-state index contributed by atoms with van der Waals surface area (Å²) in [5, 5.41) is 9.60. The zero-order valence-corrected chi connectivity index (χ0v) is 21.0. The standard InChI is InChI=1S/C27H27ClN4O4/c1-4-19-8-11-22(12-9-19)30-24(33)16-36-23-13-10-21(28)14-20(23)15-29-32-27(35)26(34)31-25-17(2)6-5-7-18(25)3/h5-15H,4,16H2,1-3H3,(H,30,33)(H,31,34)(H,32,35)/b29-15-. The smallest absolute Gasteiger partial charge is 0.329 e. The van der Waals surface area contributed by atoms with Gasteiger partial charge in [-0.15, -0.1) is 0 Å². The Morgan fingerprint density at radius 2 is 1.64 bits per heavy atom. The Morgan fingerprint density at radius 3 is 2.31 bits per heavy atom. The summed E-state index contributed by atoms with van der Waals surface area (Å²) in [5.74, 6) is -1.80. The number of hydrogen-bond acceptors (Lipinski definition) is 5. The number of amides is 3. The molecule has 0 radical (unpaired) electrons. The number of anilines is 2. The maximum absolute atomic E-state index is 12.3. The fraction of sp³-hybridized carbons (Fsp3) is 0.185. The summed E-state index contributed by atoms with van der Waals surface area (Å²) in [4.78, 5) is 36.7. The number of nitrogens with one attached hydrogen (secondary N) is 3. The van der Waals surface area contributed by atoms with E-state index < -0.39 is 11.8 Å². The SMILES string of the molecule is CCc1ccc(NC(=O)COc2ccc(Cl)cc2/C=N\NC(=O)C(=O)Nc2c(C)cccc2C)cc1. The minimum Gasteiger partial charge on any atom is -0.483 e. The molecule has 3 aromatic carbocycles.